The minimum absolute atomic E-state index is 0.133. The molecule has 1 aromatic heterocycles. The number of hydrogen-bond donors (Lipinski definition) is 2. The smallest absolute Gasteiger partial charge is 0.384 e. The molecule has 0 aliphatic rings. The van der Waals surface area contributed by atoms with Gasteiger partial charge >= 0.3 is 6.18 Å². The van der Waals surface area contributed by atoms with Gasteiger partial charge in [0.25, 0.3) is 5.91 Å². The Morgan fingerprint density at radius 3 is 2.40 bits per heavy atom. The molecule has 1 amide bonds. The Bertz CT molecular complexity index is 1440. The number of aliphatic hydroxyl groups is 1. The molecule has 0 aliphatic carbocycles. The molecule has 2 N–H and O–H groups in total. The van der Waals surface area contributed by atoms with E-state index in [4.69, 9.17) is 5.26 Å². The third kappa shape index (κ3) is 5.23. The summed E-state index contributed by atoms with van der Waals surface area (Å²) in [5, 5.41) is 26.0. The zero-order valence-electron chi connectivity index (χ0n) is 18.4. The summed E-state index contributed by atoms with van der Waals surface area (Å²) >= 11 is 0. The molecular formula is C26H19F3N4O2. The molecule has 35 heavy (non-hydrogen) atoms. The molecule has 1 atom stereocenters. The number of carbonyl (C=O) groups excluding carboxylic acids is 1. The number of nitriles is 1. The fraction of sp³-hybridized carbons (Fsp3) is 0.115. The maximum atomic E-state index is 13.4. The van der Waals surface area contributed by atoms with E-state index in [9.17, 15) is 23.1 Å². The topological polar surface area (TPSA) is 90.9 Å². The molecule has 4 aromatic rings. The number of aryl methyl sites for hydroxylation is 1. The highest BCUT2D eigenvalue weighted by atomic mass is 19.4. The predicted molar refractivity (Wildman–Crippen MR) is 123 cm³/mol. The molecule has 4 rings (SSSR count). The first-order valence-electron chi connectivity index (χ1n) is 10.5. The second kappa shape index (κ2) is 9.44. The Hall–Kier alpha value is -4.42. The molecule has 0 radical (unpaired) electrons. The number of amides is 1. The monoisotopic (exact) mass is 476 g/mol. The van der Waals surface area contributed by atoms with E-state index in [1.54, 1.807) is 30.3 Å². The maximum Gasteiger partial charge on any atom is 0.435 e. The van der Waals surface area contributed by atoms with Crippen LogP contribution in [0.5, 0.6) is 0 Å². The van der Waals surface area contributed by atoms with Crippen LogP contribution in [0.2, 0.25) is 0 Å². The van der Waals surface area contributed by atoms with Gasteiger partial charge in [0.2, 0.25) is 0 Å². The molecule has 0 aliphatic heterocycles. The van der Waals surface area contributed by atoms with Crippen molar-refractivity contribution in [1.29, 1.82) is 5.26 Å². The maximum absolute atomic E-state index is 13.4. The first kappa shape index (κ1) is 23.7. The highest BCUT2D eigenvalue weighted by molar-refractivity contribution is 6.03. The minimum atomic E-state index is -4.77. The summed E-state index contributed by atoms with van der Waals surface area (Å²) in [5.41, 5.74) is 1.15. The van der Waals surface area contributed by atoms with E-state index in [0.29, 0.717) is 17.2 Å². The molecule has 1 unspecified atom stereocenters. The van der Waals surface area contributed by atoms with Gasteiger partial charge < -0.3 is 10.4 Å². The summed E-state index contributed by atoms with van der Waals surface area (Å²) in [6, 6.07) is 22.1. The molecule has 0 fully saturated rings. The Morgan fingerprint density at radius 2 is 1.71 bits per heavy atom. The average Bonchev–Trinajstić information content (AvgIpc) is 3.30. The summed E-state index contributed by atoms with van der Waals surface area (Å²) in [6.45, 7) is 1.90. The molecule has 0 saturated heterocycles. The van der Waals surface area contributed by atoms with E-state index in [2.05, 4.69) is 10.4 Å². The van der Waals surface area contributed by atoms with E-state index in [1.807, 2.05) is 31.2 Å². The molecular weight excluding hydrogens is 457 g/mol. The molecule has 3 aromatic carbocycles. The van der Waals surface area contributed by atoms with Crippen molar-refractivity contribution >= 4 is 11.6 Å². The second-order valence-electron chi connectivity index (χ2n) is 7.88. The molecule has 9 heteroatoms. The fourth-order valence-corrected chi connectivity index (χ4v) is 3.60. The van der Waals surface area contributed by atoms with Crippen molar-refractivity contribution in [2.75, 3.05) is 5.32 Å². The number of rotatable bonds is 5. The SMILES string of the molecule is Cc1cccc(C(O)c2cccc(NC(=O)c3cc(C(F)(F)F)nn3-c3cccc(C#N)c3)c2)c1. The van der Waals surface area contributed by atoms with Crippen molar-refractivity contribution in [3.05, 3.63) is 113 Å². The van der Waals surface area contributed by atoms with Crippen LogP contribution in [-0.4, -0.2) is 20.8 Å². The standard InChI is InChI=1S/C26H19F3N4O2/c1-16-5-2-7-18(11-16)24(34)19-8-4-9-20(13-19)31-25(35)22-14-23(26(27,28)29)32-33(22)21-10-3-6-17(12-21)15-30/h2-14,24,34H,1H3,(H,31,35). The fourth-order valence-electron chi connectivity index (χ4n) is 3.60. The van der Waals surface area contributed by atoms with Crippen LogP contribution in [0.4, 0.5) is 18.9 Å². The van der Waals surface area contributed by atoms with E-state index < -0.39 is 23.9 Å². The summed E-state index contributed by atoms with van der Waals surface area (Å²) < 4.78 is 41.0. The molecule has 1 heterocycles. The van der Waals surface area contributed by atoms with Crippen molar-refractivity contribution in [3.63, 3.8) is 0 Å². The second-order valence-corrected chi connectivity index (χ2v) is 7.88. The number of aromatic nitrogens is 2. The predicted octanol–water partition coefficient (Wildman–Crippen LogP) is 5.41. The van der Waals surface area contributed by atoms with Crippen molar-refractivity contribution < 1.29 is 23.1 Å². The van der Waals surface area contributed by atoms with Crippen molar-refractivity contribution in [2.45, 2.75) is 19.2 Å². The lowest BCUT2D eigenvalue weighted by Crippen LogP contribution is -2.17. The van der Waals surface area contributed by atoms with Gasteiger partial charge in [0.05, 0.1) is 17.3 Å². The van der Waals surface area contributed by atoms with Gasteiger partial charge in [0.15, 0.2) is 5.69 Å². The normalized spacial score (nSPS) is 12.1. The number of nitrogens with one attached hydrogen (secondary N) is 1. The van der Waals surface area contributed by atoms with Gasteiger partial charge in [0, 0.05) is 11.8 Å². The van der Waals surface area contributed by atoms with Crippen LogP contribution < -0.4 is 5.32 Å². The number of anilines is 1. The summed E-state index contributed by atoms with van der Waals surface area (Å²) in [6.07, 6.45) is -5.73. The molecule has 0 bridgehead atoms. The van der Waals surface area contributed by atoms with E-state index in [0.717, 1.165) is 10.2 Å². The number of carbonyl (C=O) groups is 1. The van der Waals surface area contributed by atoms with Crippen LogP contribution in [-0.2, 0) is 6.18 Å². The van der Waals surface area contributed by atoms with Crippen LogP contribution in [0.25, 0.3) is 5.69 Å². The number of halogens is 3. The van der Waals surface area contributed by atoms with Gasteiger partial charge in [-0.1, -0.05) is 48.0 Å². The third-order valence-electron chi connectivity index (χ3n) is 5.27. The van der Waals surface area contributed by atoms with Gasteiger partial charge in [-0.15, -0.1) is 0 Å². The number of nitrogens with zero attached hydrogens (tertiary/aromatic N) is 3. The van der Waals surface area contributed by atoms with E-state index in [-0.39, 0.29) is 22.6 Å². The lowest BCUT2D eigenvalue weighted by Gasteiger charge is -2.14. The van der Waals surface area contributed by atoms with Crippen molar-refractivity contribution in [2.24, 2.45) is 0 Å². The van der Waals surface area contributed by atoms with E-state index in [1.165, 1.54) is 24.3 Å². The average molecular weight is 476 g/mol. The zero-order valence-corrected chi connectivity index (χ0v) is 18.4. The summed E-state index contributed by atoms with van der Waals surface area (Å²) in [7, 11) is 0. The molecule has 0 spiro atoms. The van der Waals surface area contributed by atoms with Gasteiger partial charge in [-0.25, -0.2) is 4.68 Å². The first-order valence-corrected chi connectivity index (χ1v) is 10.5. The first-order chi connectivity index (χ1) is 16.7. The Kier molecular flexibility index (Phi) is 6.40. The van der Waals surface area contributed by atoms with Crippen molar-refractivity contribution in [1.82, 2.24) is 9.78 Å². The van der Waals surface area contributed by atoms with Gasteiger partial charge in [-0.3, -0.25) is 4.79 Å². The van der Waals surface area contributed by atoms with E-state index >= 15 is 0 Å². The number of aliphatic hydroxyl groups excluding tert-OH is 1. The lowest BCUT2D eigenvalue weighted by molar-refractivity contribution is -0.141. The largest absolute Gasteiger partial charge is 0.435 e. The number of hydrogen-bond acceptors (Lipinski definition) is 4. The van der Waals surface area contributed by atoms with Crippen molar-refractivity contribution in [3.8, 4) is 11.8 Å². The highest BCUT2D eigenvalue weighted by Crippen LogP contribution is 2.30. The summed E-state index contributed by atoms with van der Waals surface area (Å²) in [5.74, 6) is -0.836. The Labute approximate surface area is 198 Å². The Morgan fingerprint density at radius 1 is 1.03 bits per heavy atom. The quantitative estimate of drug-likeness (QED) is 0.403. The van der Waals surface area contributed by atoms with Gasteiger partial charge in [0.1, 0.15) is 11.8 Å². The highest BCUT2D eigenvalue weighted by Gasteiger charge is 2.36. The van der Waals surface area contributed by atoms with Crippen LogP contribution in [0.15, 0.2) is 78.9 Å². The van der Waals surface area contributed by atoms with Gasteiger partial charge in [-0.05, 0) is 48.4 Å². The lowest BCUT2D eigenvalue weighted by atomic mass is 9.99. The van der Waals surface area contributed by atoms with Crippen LogP contribution in [0, 0.1) is 18.3 Å². The number of alkyl halides is 3. The molecule has 176 valence electrons. The van der Waals surface area contributed by atoms with Crippen LogP contribution >= 0.6 is 0 Å². The van der Waals surface area contributed by atoms with Gasteiger partial charge in [-0.2, -0.15) is 23.5 Å². The third-order valence-corrected chi connectivity index (χ3v) is 5.27. The minimum Gasteiger partial charge on any atom is -0.384 e. The van der Waals surface area contributed by atoms with Crippen LogP contribution in [0.1, 0.15) is 44.5 Å². The zero-order chi connectivity index (χ0) is 25.2. The molecule has 6 nitrogen and oxygen atoms in total. The number of benzene rings is 3. The summed E-state index contributed by atoms with van der Waals surface area (Å²) in [4.78, 5) is 13.0. The van der Waals surface area contributed by atoms with Crippen LogP contribution in [0.3, 0.4) is 0 Å². The Balaban J connectivity index is 1.67. The molecule has 0 saturated carbocycles.